The quantitative estimate of drug-likeness (QED) is 0.496. The Morgan fingerprint density at radius 2 is 2.06 bits per heavy atom. The molecule has 3 N–H and O–H groups in total. The van der Waals surface area contributed by atoms with Crippen LogP contribution in [0.5, 0.6) is 0 Å². The van der Waals surface area contributed by atoms with Crippen molar-refractivity contribution in [2.75, 3.05) is 11.1 Å². The van der Waals surface area contributed by atoms with Gasteiger partial charge in [0.25, 0.3) is 0 Å². The summed E-state index contributed by atoms with van der Waals surface area (Å²) in [6, 6.07) is 9.42. The number of nitrogens with two attached hydrogens (primary N) is 1. The molecule has 3 nitrogen and oxygen atoms in total. The normalized spacial score (nSPS) is 10.1. The average Bonchev–Trinajstić information content (AvgIpc) is 2.25. The standard InChI is InChI=1S/C11H9ClIN3/c12-11-4-2-8(6-15-11)16-10-3-1-7(13)5-9(10)14/h1-6,16H,14H2. The SMILES string of the molecule is Nc1cc(I)ccc1Nc1ccc(Cl)nc1. The highest BCUT2D eigenvalue weighted by atomic mass is 127. The predicted molar refractivity (Wildman–Crippen MR) is 76.1 cm³/mol. The van der Waals surface area contributed by atoms with E-state index in [-0.39, 0.29) is 0 Å². The van der Waals surface area contributed by atoms with Crippen LogP contribution in [0, 0.1) is 3.57 Å². The van der Waals surface area contributed by atoms with Crippen LogP contribution in [0.2, 0.25) is 5.15 Å². The van der Waals surface area contributed by atoms with Gasteiger partial charge in [0.2, 0.25) is 0 Å². The lowest BCUT2D eigenvalue weighted by atomic mass is 10.2. The number of nitrogen functional groups attached to an aromatic ring is 1. The van der Waals surface area contributed by atoms with E-state index in [0.717, 1.165) is 14.9 Å². The molecule has 1 aromatic heterocycles. The summed E-state index contributed by atoms with van der Waals surface area (Å²) in [7, 11) is 0. The minimum atomic E-state index is 0.473. The molecule has 2 aromatic rings. The first-order valence-corrected chi connectivity index (χ1v) is 6.04. The molecule has 0 bridgehead atoms. The van der Waals surface area contributed by atoms with Gasteiger partial charge in [-0.15, -0.1) is 0 Å². The maximum absolute atomic E-state index is 5.89. The third-order valence-corrected chi connectivity index (χ3v) is 2.91. The molecule has 2 rings (SSSR count). The lowest BCUT2D eigenvalue weighted by molar-refractivity contribution is 1.32. The highest BCUT2D eigenvalue weighted by Crippen LogP contribution is 2.24. The zero-order valence-electron chi connectivity index (χ0n) is 8.24. The topological polar surface area (TPSA) is 50.9 Å². The van der Waals surface area contributed by atoms with Crippen LogP contribution in [0.3, 0.4) is 0 Å². The van der Waals surface area contributed by atoms with Crippen LogP contribution in [-0.2, 0) is 0 Å². The number of hydrogen-bond donors (Lipinski definition) is 2. The van der Waals surface area contributed by atoms with Crippen molar-refractivity contribution in [1.82, 2.24) is 4.98 Å². The fraction of sp³-hybridized carbons (Fsp3) is 0. The van der Waals surface area contributed by atoms with Gasteiger partial charge in [0.1, 0.15) is 5.15 Å². The number of benzene rings is 1. The predicted octanol–water partition coefficient (Wildman–Crippen LogP) is 3.67. The summed E-state index contributed by atoms with van der Waals surface area (Å²) in [5.74, 6) is 0. The van der Waals surface area contributed by atoms with Crippen molar-refractivity contribution in [2.24, 2.45) is 0 Å². The van der Waals surface area contributed by atoms with Gasteiger partial charge in [-0.2, -0.15) is 0 Å². The van der Waals surface area contributed by atoms with Crippen molar-refractivity contribution in [3.63, 3.8) is 0 Å². The molecule has 1 heterocycles. The lowest BCUT2D eigenvalue weighted by Gasteiger charge is -2.09. The van der Waals surface area contributed by atoms with Gasteiger partial charge in [0.05, 0.1) is 23.3 Å². The van der Waals surface area contributed by atoms with Crippen LogP contribution in [0.15, 0.2) is 36.5 Å². The first-order chi connectivity index (χ1) is 7.65. The minimum Gasteiger partial charge on any atom is -0.397 e. The molecule has 1 aromatic carbocycles. The summed E-state index contributed by atoms with van der Waals surface area (Å²) in [4.78, 5) is 3.98. The van der Waals surface area contributed by atoms with Crippen molar-refractivity contribution in [3.05, 3.63) is 45.3 Å². The van der Waals surface area contributed by atoms with Gasteiger partial charge in [-0.3, -0.25) is 0 Å². The lowest BCUT2D eigenvalue weighted by Crippen LogP contribution is -1.96. The molecule has 0 saturated carbocycles. The number of nitrogens with one attached hydrogen (secondary N) is 1. The second kappa shape index (κ2) is 4.88. The fourth-order valence-corrected chi connectivity index (χ4v) is 1.88. The number of aromatic nitrogens is 1. The molecular weight excluding hydrogens is 336 g/mol. The fourth-order valence-electron chi connectivity index (χ4n) is 1.25. The summed E-state index contributed by atoms with van der Waals surface area (Å²) < 4.78 is 1.11. The molecule has 5 heteroatoms. The monoisotopic (exact) mass is 345 g/mol. The molecule has 0 atom stereocenters. The van der Waals surface area contributed by atoms with Gasteiger partial charge < -0.3 is 11.1 Å². The zero-order valence-corrected chi connectivity index (χ0v) is 11.2. The molecule has 0 aliphatic carbocycles. The number of anilines is 3. The van der Waals surface area contributed by atoms with Gasteiger partial charge in [-0.25, -0.2) is 4.98 Å². The van der Waals surface area contributed by atoms with Gasteiger partial charge in [-0.1, -0.05) is 11.6 Å². The first kappa shape index (κ1) is 11.5. The summed E-state index contributed by atoms with van der Waals surface area (Å²) in [5.41, 5.74) is 8.32. The van der Waals surface area contributed by atoms with Crippen molar-refractivity contribution in [3.8, 4) is 0 Å². The second-order valence-corrected chi connectivity index (χ2v) is 4.86. The van der Waals surface area contributed by atoms with E-state index in [1.165, 1.54) is 0 Å². The third kappa shape index (κ3) is 2.76. The van der Waals surface area contributed by atoms with E-state index in [9.17, 15) is 0 Å². The summed E-state index contributed by atoms with van der Waals surface area (Å²) >= 11 is 7.92. The van der Waals surface area contributed by atoms with E-state index in [1.807, 2.05) is 24.3 Å². The maximum atomic E-state index is 5.89. The number of pyridine rings is 1. The molecule has 0 aliphatic rings. The largest absolute Gasteiger partial charge is 0.397 e. The van der Waals surface area contributed by atoms with Gasteiger partial charge >= 0.3 is 0 Å². The molecule has 0 unspecified atom stereocenters. The van der Waals surface area contributed by atoms with Crippen LogP contribution < -0.4 is 11.1 Å². The molecular formula is C11H9ClIN3. The molecule has 0 amide bonds. The van der Waals surface area contributed by atoms with E-state index >= 15 is 0 Å². The number of halogens is 2. The summed E-state index contributed by atoms with van der Waals surface area (Å²) in [6.45, 7) is 0. The second-order valence-electron chi connectivity index (χ2n) is 3.23. The Morgan fingerprint density at radius 3 is 2.69 bits per heavy atom. The molecule has 0 radical (unpaired) electrons. The van der Waals surface area contributed by atoms with E-state index in [1.54, 1.807) is 12.3 Å². The number of nitrogens with zero attached hydrogens (tertiary/aromatic N) is 1. The minimum absolute atomic E-state index is 0.473. The van der Waals surface area contributed by atoms with Crippen LogP contribution in [0.4, 0.5) is 17.1 Å². The zero-order chi connectivity index (χ0) is 11.5. The highest BCUT2D eigenvalue weighted by Gasteiger charge is 2.00. The molecule has 0 spiro atoms. The Labute approximate surface area is 112 Å². The Bertz CT molecular complexity index is 499. The average molecular weight is 346 g/mol. The van der Waals surface area contributed by atoms with Crippen LogP contribution in [-0.4, -0.2) is 4.98 Å². The van der Waals surface area contributed by atoms with Crippen molar-refractivity contribution in [1.29, 1.82) is 0 Å². The Kier molecular flexibility index (Phi) is 3.50. The van der Waals surface area contributed by atoms with Gasteiger partial charge in [0, 0.05) is 3.57 Å². The van der Waals surface area contributed by atoms with E-state index in [2.05, 4.69) is 32.9 Å². The van der Waals surface area contributed by atoms with Crippen molar-refractivity contribution >= 4 is 51.3 Å². The number of rotatable bonds is 2. The summed E-state index contributed by atoms with van der Waals surface area (Å²) in [6.07, 6.45) is 1.67. The Balaban J connectivity index is 2.23. The maximum Gasteiger partial charge on any atom is 0.129 e. The third-order valence-electron chi connectivity index (χ3n) is 2.02. The smallest absolute Gasteiger partial charge is 0.129 e. The molecule has 0 saturated heterocycles. The Morgan fingerprint density at radius 1 is 1.25 bits per heavy atom. The van der Waals surface area contributed by atoms with Crippen molar-refractivity contribution in [2.45, 2.75) is 0 Å². The van der Waals surface area contributed by atoms with Crippen molar-refractivity contribution < 1.29 is 0 Å². The van der Waals surface area contributed by atoms with Gasteiger partial charge in [-0.05, 0) is 52.9 Å². The number of hydrogen-bond acceptors (Lipinski definition) is 3. The van der Waals surface area contributed by atoms with E-state index in [4.69, 9.17) is 17.3 Å². The highest BCUT2D eigenvalue weighted by molar-refractivity contribution is 14.1. The first-order valence-electron chi connectivity index (χ1n) is 4.59. The van der Waals surface area contributed by atoms with Gasteiger partial charge in [0.15, 0.2) is 0 Å². The molecule has 0 aliphatic heterocycles. The van der Waals surface area contributed by atoms with E-state index in [0.29, 0.717) is 10.8 Å². The van der Waals surface area contributed by atoms with E-state index < -0.39 is 0 Å². The Hall–Kier alpha value is -1.01. The van der Waals surface area contributed by atoms with Crippen LogP contribution >= 0.6 is 34.2 Å². The van der Waals surface area contributed by atoms with Crippen LogP contribution in [0.1, 0.15) is 0 Å². The molecule has 16 heavy (non-hydrogen) atoms. The molecule has 0 fully saturated rings. The van der Waals surface area contributed by atoms with Crippen LogP contribution in [0.25, 0.3) is 0 Å². The summed E-state index contributed by atoms with van der Waals surface area (Å²) in [5, 5.41) is 3.65. The molecule has 82 valence electrons.